The molecular formula is C18H19NO5S3. The van der Waals surface area contributed by atoms with E-state index < -0.39 is 9.84 Å². The smallest absolute Gasteiger partial charge is 0.266 e. The zero-order valence-corrected chi connectivity index (χ0v) is 17.2. The Hall–Kier alpha value is -1.84. The zero-order chi connectivity index (χ0) is 19.6. The van der Waals surface area contributed by atoms with Gasteiger partial charge in [0.25, 0.3) is 5.91 Å². The van der Waals surface area contributed by atoms with E-state index in [-0.39, 0.29) is 23.5 Å². The van der Waals surface area contributed by atoms with Crippen LogP contribution in [0.1, 0.15) is 12.0 Å². The molecule has 1 unspecified atom stereocenters. The first-order valence-electron chi connectivity index (χ1n) is 8.24. The molecule has 1 atom stereocenters. The quantitative estimate of drug-likeness (QED) is 0.394. The Balaban J connectivity index is 1.82. The summed E-state index contributed by atoms with van der Waals surface area (Å²) in [7, 11) is -1.56. The van der Waals surface area contributed by atoms with E-state index in [0.717, 1.165) is 5.56 Å². The first-order valence-corrected chi connectivity index (χ1v) is 11.3. The van der Waals surface area contributed by atoms with E-state index >= 15 is 0 Å². The SMILES string of the molecule is C=CCOc1ccc(C=C2SC(=S)N(C3CCS(=O)(=O)C3)C2=O)cc1OC. The molecule has 0 bridgehead atoms. The fraction of sp³-hybridized carbons (Fsp3) is 0.333. The number of rotatable bonds is 6. The number of carbonyl (C=O) groups excluding carboxylic acids is 1. The molecule has 0 aromatic heterocycles. The number of carbonyl (C=O) groups is 1. The average molecular weight is 426 g/mol. The van der Waals surface area contributed by atoms with Crippen molar-refractivity contribution in [2.75, 3.05) is 25.2 Å². The Morgan fingerprint density at radius 3 is 2.81 bits per heavy atom. The van der Waals surface area contributed by atoms with Crippen molar-refractivity contribution in [1.82, 2.24) is 4.90 Å². The van der Waals surface area contributed by atoms with Crippen LogP contribution in [0.5, 0.6) is 11.5 Å². The molecule has 2 fully saturated rings. The molecule has 2 heterocycles. The van der Waals surface area contributed by atoms with Gasteiger partial charge in [-0.2, -0.15) is 0 Å². The normalized spacial score (nSPS) is 23.1. The van der Waals surface area contributed by atoms with Crippen molar-refractivity contribution in [3.8, 4) is 11.5 Å². The van der Waals surface area contributed by atoms with E-state index in [0.29, 0.717) is 33.8 Å². The number of hydrogen-bond donors (Lipinski definition) is 0. The van der Waals surface area contributed by atoms with E-state index in [4.69, 9.17) is 21.7 Å². The van der Waals surface area contributed by atoms with Gasteiger partial charge >= 0.3 is 0 Å². The highest BCUT2D eigenvalue weighted by molar-refractivity contribution is 8.26. The van der Waals surface area contributed by atoms with Crippen molar-refractivity contribution in [1.29, 1.82) is 0 Å². The van der Waals surface area contributed by atoms with E-state index in [1.54, 1.807) is 31.4 Å². The second kappa shape index (κ2) is 8.04. The van der Waals surface area contributed by atoms with Crippen molar-refractivity contribution < 1.29 is 22.7 Å². The average Bonchev–Trinajstić information content (AvgIpc) is 3.11. The third kappa shape index (κ3) is 4.36. The molecule has 0 aliphatic carbocycles. The van der Waals surface area contributed by atoms with E-state index in [9.17, 15) is 13.2 Å². The molecule has 1 amide bonds. The summed E-state index contributed by atoms with van der Waals surface area (Å²) >= 11 is 6.50. The second-order valence-electron chi connectivity index (χ2n) is 6.12. The molecule has 0 saturated carbocycles. The van der Waals surface area contributed by atoms with Gasteiger partial charge in [0.2, 0.25) is 0 Å². The van der Waals surface area contributed by atoms with E-state index in [1.165, 1.54) is 16.7 Å². The lowest BCUT2D eigenvalue weighted by atomic mass is 10.1. The lowest BCUT2D eigenvalue weighted by molar-refractivity contribution is -0.123. The first-order chi connectivity index (χ1) is 12.8. The van der Waals surface area contributed by atoms with Crippen LogP contribution in [0.3, 0.4) is 0 Å². The van der Waals surface area contributed by atoms with Gasteiger partial charge in [0, 0.05) is 0 Å². The van der Waals surface area contributed by atoms with Gasteiger partial charge in [-0.25, -0.2) is 8.42 Å². The molecule has 0 spiro atoms. The summed E-state index contributed by atoms with van der Waals surface area (Å²) in [6, 6.07) is 4.97. The van der Waals surface area contributed by atoms with Crippen LogP contribution >= 0.6 is 24.0 Å². The Morgan fingerprint density at radius 2 is 2.19 bits per heavy atom. The number of ether oxygens (including phenoxy) is 2. The predicted molar refractivity (Wildman–Crippen MR) is 111 cm³/mol. The van der Waals surface area contributed by atoms with E-state index in [1.807, 2.05) is 6.07 Å². The molecule has 2 aliphatic heterocycles. The molecule has 3 rings (SSSR count). The standard InChI is InChI=1S/C18H19NO5S3/c1-3-7-24-14-5-4-12(9-15(14)23-2)10-16-17(20)19(18(25)26-16)13-6-8-27(21,22)11-13/h3-5,9-10,13H,1,6-8,11H2,2H3. The number of benzene rings is 1. The van der Waals surface area contributed by atoms with Crippen molar-refractivity contribution in [2.24, 2.45) is 0 Å². The van der Waals surface area contributed by atoms with Crippen LogP contribution in [0.15, 0.2) is 35.8 Å². The topological polar surface area (TPSA) is 72.9 Å². The molecular weight excluding hydrogens is 406 g/mol. The summed E-state index contributed by atoms with van der Waals surface area (Å²) in [5.74, 6) is 0.937. The first kappa shape index (κ1) is 19.9. The van der Waals surface area contributed by atoms with Crippen molar-refractivity contribution >= 4 is 50.1 Å². The highest BCUT2D eigenvalue weighted by atomic mass is 32.2. The minimum atomic E-state index is -3.10. The maximum Gasteiger partial charge on any atom is 0.266 e. The van der Waals surface area contributed by atoms with Crippen LogP contribution in [0.2, 0.25) is 0 Å². The molecule has 1 aromatic rings. The maximum atomic E-state index is 12.8. The van der Waals surface area contributed by atoms with Gasteiger partial charge in [-0.15, -0.1) is 0 Å². The molecule has 6 nitrogen and oxygen atoms in total. The summed E-state index contributed by atoms with van der Waals surface area (Å²) < 4.78 is 34.7. The van der Waals surface area contributed by atoms with Gasteiger partial charge in [-0.1, -0.05) is 42.7 Å². The highest BCUT2D eigenvalue weighted by Gasteiger charge is 2.42. The van der Waals surface area contributed by atoms with Gasteiger partial charge in [-0.05, 0) is 30.2 Å². The fourth-order valence-electron chi connectivity index (χ4n) is 2.97. The minimum Gasteiger partial charge on any atom is -0.493 e. The van der Waals surface area contributed by atoms with Crippen molar-refractivity contribution in [3.63, 3.8) is 0 Å². The number of methoxy groups -OCH3 is 1. The van der Waals surface area contributed by atoms with Crippen LogP contribution in [-0.4, -0.2) is 54.8 Å². The van der Waals surface area contributed by atoms with Gasteiger partial charge in [0.05, 0.1) is 29.6 Å². The summed E-state index contributed by atoms with van der Waals surface area (Å²) in [5.41, 5.74) is 0.761. The van der Waals surface area contributed by atoms with Crippen LogP contribution in [0.25, 0.3) is 6.08 Å². The molecule has 1 aromatic carbocycles. The van der Waals surface area contributed by atoms with Crippen molar-refractivity contribution in [2.45, 2.75) is 12.5 Å². The number of hydrogen-bond acceptors (Lipinski definition) is 7. The third-order valence-electron chi connectivity index (χ3n) is 4.24. The van der Waals surface area contributed by atoms with Crippen LogP contribution in [0, 0.1) is 0 Å². The summed E-state index contributed by atoms with van der Waals surface area (Å²) in [4.78, 5) is 14.7. The maximum absolute atomic E-state index is 12.8. The lowest BCUT2D eigenvalue weighted by Crippen LogP contribution is -2.39. The summed E-state index contributed by atoms with van der Waals surface area (Å²) in [6.45, 7) is 3.97. The molecule has 0 radical (unpaired) electrons. The number of amides is 1. The Labute approximate surface area is 168 Å². The molecule has 27 heavy (non-hydrogen) atoms. The minimum absolute atomic E-state index is 0.0319. The molecule has 2 aliphatic rings. The number of nitrogens with zero attached hydrogens (tertiary/aromatic N) is 1. The number of sulfone groups is 1. The third-order valence-corrected chi connectivity index (χ3v) is 7.32. The Bertz CT molecular complexity index is 923. The van der Waals surface area contributed by atoms with Crippen LogP contribution < -0.4 is 9.47 Å². The van der Waals surface area contributed by atoms with Gasteiger partial charge < -0.3 is 9.47 Å². The van der Waals surface area contributed by atoms with E-state index in [2.05, 4.69) is 6.58 Å². The van der Waals surface area contributed by atoms with Crippen molar-refractivity contribution in [3.05, 3.63) is 41.3 Å². The number of thiocarbonyl (C=S) groups is 1. The van der Waals surface area contributed by atoms with Crippen LogP contribution in [-0.2, 0) is 14.6 Å². The Kier molecular flexibility index (Phi) is 5.92. The molecule has 2 saturated heterocycles. The second-order valence-corrected chi connectivity index (χ2v) is 10.0. The van der Waals surface area contributed by atoms with Gasteiger partial charge in [0.1, 0.15) is 10.9 Å². The summed E-state index contributed by atoms with van der Waals surface area (Å²) in [6.07, 6.45) is 3.79. The number of thioether (sulfide) groups is 1. The molecule has 0 N–H and O–H groups in total. The highest BCUT2D eigenvalue weighted by Crippen LogP contribution is 2.37. The monoisotopic (exact) mass is 425 g/mol. The fourth-order valence-corrected chi connectivity index (χ4v) is 6.07. The zero-order valence-electron chi connectivity index (χ0n) is 14.7. The Morgan fingerprint density at radius 1 is 1.41 bits per heavy atom. The lowest BCUT2D eigenvalue weighted by Gasteiger charge is -2.20. The molecule has 9 heteroatoms. The van der Waals surface area contributed by atoms with Crippen LogP contribution in [0.4, 0.5) is 0 Å². The summed E-state index contributed by atoms with van der Waals surface area (Å²) in [5, 5.41) is 0. The largest absolute Gasteiger partial charge is 0.493 e. The van der Waals surface area contributed by atoms with Gasteiger partial charge in [0.15, 0.2) is 21.3 Å². The van der Waals surface area contributed by atoms with Gasteiger partial charge in [-0.3, -0.25) is 9.69 Å². The predicted octanol–water partition coefficient (Wildman–Crippen LogP) is 2.65. The molecule has 144 valence electrons.